The minimum absolute atomic E-state index is 0.363. The van der Waals surface area contributed by atoms with Crippen LogP contribution < -0.4 is 0 Å². The van der Waals surface area contributed by atoms with Crippen molar-refractivity contribution in [2.45, 2.75) is 19.3 Å². The van der Waals surface area contributed by atoms with Crippen LogP contribution >= 0.6 is 0 Å². The van der Waals surface area contributed by atoms with Crippen LogP contribution in [0.1, 0.15) is 19.3 Å². The standard InChI is InChI=1S/C10H12/c1-3-9-6-5-7-10(4-2)8-9/h1,4,8-9H,2,5-7H2. The molecule has 1 unspecified atom stereocenters. The molecule has 0 radical (unpaired) electrons. The fourth-order valence-corrected chi connectivity index (χ4v) is 1.25. The van der Waals surface area contributed by atoms with E-state index in [4.69, 9.17) is 6.42 Å². The number of rotatable bonds is 1. The van der Waals surface area contributed by atoms with Gasteiger partial charge >= 0.3 is 0 Å². The predicted molar refractivity (Wildman–Crippen MR) is 44.5 cm³/mol. The summed E-state index contributed by atoms with van der Waals surface area (Å²) in [6, 6.07) is 0. The van der Waals surface area contributed by atoms with Crippen LogP contribution in [0.15, 0.2) is 24.3 Å². The van der Waals surface area contributed by atoms with Crippen LogP contribution in [0.5, 0.6) is 0 Å². The fraction of sp³-hybridized carbons (Fsp3) is 0.400. The van der Waals surface area contributed by atoms with E-state index in [0.29, 0.717) is 5.92 Å². The van der Waals surface area contributed by atoms with Crippen molar-refractivity contribution >= 4 is 0 Å². The van der Waals surface area contributed by atoms with E-state index in [1.165, 1.54) is 12.0 Å². The van der Waals surface area contributed by atoms with Gasteiger partial charge in [-0.3, -0.25) is 0 Å². The van der Waals surface area contributed by atoms with Gasteiger partial charge in [-0.15, -0.1) is 6.42 Å². The zero-order valence-corrected chi connectivity index (χ0v) is 6.14. The van der Waals surface area contributed by atoms with Crippen molar-refractivity contribution in [2.75, 3.05) is 0 Å². The largest absolute Gasteiger partial charge is 0.119 e. The zero-order valence-electron chi connectivity index (χ0n) is 6.14. The molecule has 0 saturated carbocycles. The summed E-state index contributed by atoms with van der Waals surface area (Å²) in [5, 5.41) is 0. The molecule has 1 aliphatic carbocycles. The van der Waals surface area contributed by atoms with Crippen LogP contribution in [0.25, 0.3) is 0 Å². The van der Waals surface area contributed by atoms with Gasteiger partial charge in [0.1, 0.15) is 0 Å². The molecule has 0 aliphatic heterocycles. The Bertz CT molecular complexity index is 191. The topological polar surface area (TPSA) is 0 Å². The molecule has 0 fully saturated rings. The molecule has 0 aromatic heterocycles. The second-order valence-electron chi connectivity index (χ2n) is 2.61. The van der Waals surface area contributed by atoms with Crippen molar-refractivity contribution in [1.82, 2.24) is 0 Å². The molecule has 52 valence electrons. The van der Waals surface area contributed by atoms with Crippen LogP contribution in [0.4, 0.5) is 0 Å². The molecule has 0 aromatic carbocycles. The van der Waals surface area contributed by atoms with Crippen molar-refractivity contribution in [3.05, 3.63) is 24.3 Å². The molecule has 0 amide bonds. The van der Waals surface area contributed by atoms with E-state index in [1.807, 2.05) is 6.08 Å². The van der Waals surface area contributed by atoms with Gasteiger partial charge in [0, 0.05) is 5.92 Å². The summed E-state index contributed by atoms with van der Waals surface area (Å²) in [5.74, 6) is 3.11. The van der Waals surface area contributed by atoms with E-state index in [2.05, 4.69) is 18.6 Å². The highest BCUT2D eigenvalue weighted by Crippen LogP contribution is 2.22. The Kier molecular flexibility index (Phi) is 2.34. The minimum atomic E-state index is 0.363. The Morgan fingerprint density at radius 1 is 1.80 bits per heavy atom. The molecule has 0 saturated heterocycles. The van der Waals surface area contributed by atoms with Crippen LogP contribution in [0.3, 0.4) is 0 Å². The zero-order chi connectivity index (χ0) is 7.40. The lowest BCUT2D eigenvalue weighted by Crippen LogP contribution is -2.00. The van der Waals surface area contributed by atoms with E-state index in [-0.39, 0.29) is 0 Å². The first-order valence-corrected chi connectivity index (χ1v) is 3.66. The van der Waals surface area contributed by atoms with E-state index in [1.54, 1.807) is 0 Å². The third kappa shape index (κ3) is 1.51. The maximum atomic E-state index is 5.29. The third-order valence-electron chi connectivity index (χ3n) is 1.87. The lowest BCUT2D eigenvalue weighted by atomic mass is 9.91. The van der Waals surface area contributed by atoms with Gasteiger partial charge in [-0.05, 0) is 19.3 Å². The maximum Gasteiger partial charge on any atom is 0.0385 e. The molecule has 0 heterocycles. The molecule has 1 rings (SSSR count). The Morgan fingerprint density at radius 3 is 3.20 bits per heavy atom. The molecule has 0 nitrogen and oxygen atoms in total. The van der Waals surface area contributed by atoms with E-state index in [0.717, 1.165) is 12.8 Å². The average molecular weight is 132 g/mol. The quantitative estimate of drug-likeness (QED) is 0.481. The normalized spacial score (nSPS) is 24.7. The lowest BCUT2D eigenvalue weighted by molar-refractivity contribution is 0.632. The molecule has 0 aromatic rings. The molecular weight excluding hydrogens is 120 g/mol. The van der Waals surface area contributed by atoms with Crippen LogP contribution in [0, 0.1) is 18.3 Å². The van der Waals surface area contributed by atoms with Crippen molar-refractivity contribution in [2.24, 2.45) is 5.92 Å². The highest BCUT2D eigenvalue weighted by atomic mass is 14.1. The van der Waals surface area contributed by atoms with Gasteiger partial charge in [-0.1, -0.05) is 30.2 Å². The number of terminal acetylenes is 1. The first kappa shape index (κ1) is 7.15. The molecule has 0 bridgehead atoms. The highest BCUT2D eigenvalue weighted by molar-refractivity contribution is 5.23. The first-order valence-electron chi connectivity index (χ1n) is 3.66. The van der Waals surface area contributed by atoms with Crippen molar-refractivity contribution in [3.8, 4) is 12.3 Å². The van der Waals surface area contributed by atoms with Crippen LogP contribution in [-0.4, -0.2) is 0 Å². The van der Waals surface area contributed by atoms with Crippen molar-refractivity contribution in [1.29, 1.82) is 0 Å². The van der Waals surface area contributed by atoms with Gasteiger partial charge in [0.25, 0.3) is 0 Å². The van der Waals surface area contributed by atoms with Crippen molar-refractivity contribution < 1.29 is 0 Å². The first-order chi connectivity index (χ1) is 4.86. The number of hydrogen-bond acceptors (Lipinski definition) is 0. The van der Waals surface area contributed by atoms with Gasteiger partial charge in [-0.2, -0.15) is 0 Å². The van der Waals surface area contributed by atoms with E-state index >= 15 is 0 Å². The Balaban J connectivity index is 2.67. The van der Waals surface area contributed by atoms with Gasteiger partial charge in [0.05, 0.1) is 0 Å². The minimum Gasteiger partial charge on any atom is -0.119 e. The Hall–Kier alpha value is -0.960. The summed E-state index contributed by atoms with van der Waals surface area (Å²) in [6.45, 7) is 3.72. The molecule has 10 heavy (non-hydrogen) atoms. The fourth-order valence-electron chi connectivity index (χ4n) is 1.25. The van der Waals surface area contributed by atoms with Gasteiger partial charge in [-0.25, -0.2) is 0 Å². The second kappa shape index (κ2) is 3.27. The monoisotopic (exact) mass is 132 g/mol. The van der Waals surface area contributed by atoms with Crippen LogP contribution in [0.2, 0.25) is 0 Å². The average Bonchev–Trinajstić information content (AvgIpc) is 2.05. The summed E-state index contributed by atoms with van der Waals surface area (Å²) >= 11 is 0. The van der Waals surface area contributed by atoms with Crippen LogP contribution in [-0.2, 0) is 0 Å². The molecule has 0 heteroatoms. The smallest absolute Gasteiger partial charge is 0.0385 e. The summed E-state index contributed by atoms with van der Waals surface area (Å²) in [4.78, 5) is 0. The second-order valence-corrected chi connectivity index (χ2v) is 2.61. The van der Waals surface area contributed by atoms with E-state index < -0.39 is 0 Å². The van der Waals surface area contributed by atoms with E-state index in [9.17, 15) is 0 Å². The Morgan fingerprint density at radius 2 is 2.60 bits per heavy atom. The Labute approximate surface area is 62.6 Å². The molecule has 0 spiro atoms. The van der Waals surface area contributed by atoms with Gasteiger partial charge in [0.2, 0.25) is 0 Å². The predicted octanol–water partition coefficient (Wildman–Crippen LogP) is 2.53. The maximum absolute atomic E-state index is 5.29. The molecule has 1 aliphatic rings. The molecule has 0 N–H and O–H groups in total. The summed E-state index contributed by atoms with van der Waals surface area (Å²) in [6.07, 6.45) is 12.9. The third-order valence-corrected chi connectivity index (χ3v) is 1.87. The summed E-state index contributed by atoms with van der Waals surface area (Å²) in [7, 11) is 0. The SMILES string of the molecule is C#CC1C=C(C=C)CCC1. The number of hydrogen-bond donors (Lipinski definition) is 0. The van der Waals surface area contributed by atoms with Gasteiger partial charge in [0.15, 0.2) is 0 Å². The molecule has 1 atom stereocenters. The summed E-state index contributed by atoms with van der Waals surface area (Å²) < 4.78 is 0. The van der Waals surface area contributed by atoms with Gasteiger partial charge < -0.3 is 0 Å². The lowest BCUT2D eigenvalue weighted by Gasteiger charge is -2.13. The molecular formula is C10H12. The number of allylic oxidation sites excluding steroid dienone is 3. The van der Waals surface area contributed by atoms with Crippen molar-refractivity contribution in [3.63, 3.8) is 0 Å². The highest BCUT2D eigenvalue weighted by Gasteiger charge is 2.07. The summed E-state index contributed by atoms with van der Waals surface area (Å²) in [5.41, 5.74) is 1.31.